The Bertz CT molecular complexity index is 1350. The van der Waals surface area contributed by atoms with Crippen LogP contribution < -0.4 is 9.67 Å². The number of aliphatic carboxylic acids is 1. The number of hydrogen-bond acceptors (Lipinski definition) is 3. The molecule has 0 aliphatic carbocycles. The maximum Gasteiger partial charge on any atom is 0.430 e. The SMILES string of the molecule is CC(=O)CCc1c(C)n(-c2c(C(C)C)cccc2C(C)C)c[n+]1-c1c(C(C)C)cccc1C(C)C.O=C([O-])C(F)(F)F. The molecule has 5 nitrogen and oxygen atoms in total. The Hall–Kier alpha value is -3.42. The highest BCUT2D eigenvalue weighted by molar-refractivity contribution is 5.75. The Kier molecular flexibility index (Phi) is 11.7. The molecule has 2 aromatic carbocycles. The van der Waals surface area contributed by atoms with Crippen molar-refractivity contribution in [2.75, 3.05) is 0 Å². The van der Waals surface area contributed by atoms with Crippen LogP contribution in [-0.2, 0) is 16.0 Å². The molecule has 0 aliphatic heterocycles. The molecule has 1 aromatic heterocycles. The first-order valence-electron chi connectivity index (χ1n) is 14.6. The van der Waals surface area contributed by atoms with E-state index in [2.05, 4.69) is 114 Å². The van der Waals surface area contributed by atoms with Crippen molar-refractivity contribution in [1.29, 1.82) is 0 Å². The van der Waals surface area contributed by atoms with Crippen molar-refractivity contribution in [2.45, 2.75) is 112 Å². The predicted molar refractivity (Wildman–Crippen MR) is 158 cm³/mol. The number of carboxylic acid groups (broad SMARTS) is 1. The zero-order valence-electron chi connectivity index (χ0n) is 26.5. The van der Waals surface area contributed by atoms with E-state index >= 15 is 0 Å². The zero-order chi connectivity index (χ0) is 32.1. The number of Topliss-reactive ketones (excluding diaryl/α,β-unsaturated/α-hetero) is 1. The number of para-hydroxylation sites is 2. The number of carboxylic acids is 1. The molecule has 0 bridgehead atoms. The molecule has 0 atom stereocenters. The number of carbonyl (C=O) groups excluding carboxylic acids is 2. The van der Waals surface area contributed by atoms with Crippen LogP contribution in [0.25, 0.3) is 11.4 Å². The van der Waals surface area contributed by atoms with Crippen molar-refractivity contribution in [3.63, 3.8) is 0 Å². The molecule has 0 unspecified atom stereocenters. The van der Waals surface area contributed by atoms with Gasteiger partial charge in [-0.05, 0) is 30.6 Å². The van der Waals surface area contributed by atoms with Gasteiger partial charge in [-0.25, -0.2) is 0 Å². The molecular formula is C34H45F3N2O3. The highest BCUT2D eigenvalue weighted by Gasteiger charge is 2.31. The topological polar surface area (TPSA) is 66.0 Å². The summed E-state index contributed by atoms with van der Waals surface area (Å²) in [6.07, 6.45) is -1.61. The molecule has 0 fully saturated rings. The molecule has 3 aromatic rings. The van der Waals surface area contributed by atoms with Crippen molar-refractivity contribution in [1.82, 2.24) is 4.57 Å². The summed E-state index contributed by atoms with van der Waals surface area (Å²) in [7, 11) is 0. The molecule has 0 amide bonds. The zero-order valence-corrected chi connectivity index (χ0v) is 26.5. The lowest BCUT2D eigenvalue weighted by atomic mass is 9.92. The fourth-order valence-electron chi connectivity index (χ4n) is 5.18. The number of rotatable bonds is 9. The van der Waals surface area contributed by atoms with Crippen molar-refractivity contribution in [2.24, 2.45) is 0 Å². The summed E-state index contributed by atoms with van der Waals surface area (Å²) < 4.78 is 36.4. The van der Waals surface area contributed by atoms with Gasteiger partial charge in [0.15, 0.2) is 5.69 Å². The van der Waals surface area contributed by atoms with E-state index in [1.807, 2.05) is 0 Å². The van der Waals surface area contributed by atoms with Crippen LogP contribution in [0.15, 0.2) is 42.7 Å². The molecule has 0 aliphatic rings. The summed E-state index contributed by atoms with van der Waals surface area (Å²) in [6.45, 7) is 22.1. The quantitative estimate of drug-likeness (QED) is 0.246. The van der Waals surface area contributed by atoms with Crippen molar-refractivity contribution in [3.8, 4) is 11.4 Å². The Labute approximate surface area is 248 Å². The smallest absolute Gasteiger partial charge is 0.430 e. The largest absolute Gasteiger partial charge is 0.542 e. The van der Waals surface area contributed by atoms with Gasteiger partial charge in [0.05, 0.1) is 0 Å². The Morgan fingerprint density at radius 1 is 0.810 bits per heavy atom. The van der Waals surface area contributed by atoms with Gasteiger partial charge in [-0.2, -0.15) is 22.3 Å². The number of alkyl halides is 3. The van der Waals surface area contributed by atoms with E-state index in [4.69, 9.17) is 9.90 Å². The lowest BCUT2D eigenvalue weighted by Gasteiger charge is -2.18. The second kappa shape index (κ2) is 14.2. The number of carbonyl (C=O) groups is 2. The molecule has 230 valence electrons. The molecule has 8 heteroatoms. The fourth-order valence-corrected chi connectivity index (χ4v) is 5.18. The summed E-state index contributed by atoms with van der Waals surface area (Å²) in [6, 6.07) is 13.5. The molecule has 3 rings (SSSR count). The fraction of sp³-hybridized carbons (Fsp3) is 0.500. The summed E-state index contributed by atoms with van der Waals surface area (Å²) in [5, 5.41) is 8.78. The Morgan fingerprint density at radius 3 is 1.52 bits per heavy atom. The van der Waals surface area contributed by atoms with Gasteiger partial charge in [-0.1, -0.05) is 91.8 Å². The van der Waals surface area contributed by atoms with Gasteiger partial charge in [-0.3, -0.25) is 0 Å². The molecule has 0 N–H and O–H groups in total. The maximum atomic E-state index is 12.1. The van der Waals surface area contributed by atoms with Crippen molar-refractivity contribution in [3.05, 3.63) is 76.4 Å². The third kappa shape index (κ3) is 8.11. The van der Waals surface area contributed by atoms with Gasteiger partial charge in [0, 0.05) is 42.0 Å². The summed E-state index contributed by atoms with van der Waals surface area (Å²) in [5.74, 6) is -1.16. The average Bonchev–Trinajstić information content (AvgIpc) is 3.21. The molecule has 0 radical (unpaired) electrons. The lowest BCUT2D eigenvalue weighted by Crippen LogP contribution is -2.37. The first kappa shape index (κ1) is 34.8. The van der Waals surface area contributed by atoms with Crippen LogP contribution in [0.2, 0.25) is 0 Å². The molecular weight excluding hydrogens is 541 g/mol. The Balaban J connectivity index is 0.000000782. The second-order valence-electron chi connectivity index (χ2n) is 12.1. The van der Waals surface area contributed by atoms with Crippen LogP contribution in [-0.4, -0.2) is 22.5 Å². The van der Waals surface area contributed by atoms with Crippen molar-refractivity contribution >= 4 is 11.8 Å². The normalized spacial score (nSPS) is 11.8. The number of nitrogens with zero attached hydrogens (tertiary/aromatic N) is 2. The number of halogens is 3. The minimum absolute atomic E-state index is 0.232. The molecule has 0 saturated heterocycles. The number of imidazole rings is 1. The van der Waals surface area contributed by atoms with Crippen LogP contribution in [0.3, 0.4) is 0 Å². The minimum atomic E-state index is -5.19. The first-order chi connectivity index (χ1) is 19.4. The molecule has 0 saturated carbocycles. The maximum absolute atomic E-state index is 12.1. The van der Waals surface area contributed by atoms with Crippen molar-refractivity contribution < 1.29 is 32.4 Å². The van der Waals surface area contributed by atoms with E-state index < -0.39 is 12.1 Å². The van der Waals surface area contributed by atoms with E-state index in [0.29, 0.717) is 30.1 Å². The number of hydrogen-bond donors (Lipinski definition) is 0. The highest BCUT2D eigenvalue weighted by Crippen LogP contribution is 2.34. The van der Waals surface area contributed by atoms with Gasteiger partial charge in [0.2, 0.25) is 0 Å². The third-order valence-corrected chi connectivity index (χ3v) is 7.41. The van der Waals surface area contributed by atoms with E-state index in [0.717, 1.165) is 6.42 Å². The van der Waals surface area contributed by atoms with Gasteiger partial charge in [0.1, 0.15) is 28.8 Å². The standard InChI is InChI=1S/C32H45N2O.C2HF3O2/c1-20(2)26-13-11-14-27(21(3)4)31(26)33-19-34(30(25(33)10)18-17-24(9)35)32-28(22(5)6)15-12-16-29(32)23(7)8;3-2(4,5)1(6)7/h11-16,19-23H,17-18H2,1-10H3;(H,6,7)/q+1;/p-1. The number of benzene rings is 2. The van der Waals surface area contributed by atoms with Crippen LogP contribution in [0.4, 0.5) is 13.2 Å². The first-order valence-corrected chi connectivity index (χ1v) is 14.6. The minimum Gasteiger partial charge on any atom is -0.542 e. The predicted octanol–water partition coefficient (Wildman–Crippen LogP) is 7.38. The van der Waals surface area contributed by atoms with Crippen LogP contribution in [0, 0.1) is 6.92 Å². The van der Waals surface area contributed by atoms with Gasteiger partial charge in [0.25, 0.3) is 6.33 Å². The summed E-state index contributed by atoms with van der Waals surface area (Å²) in [5.41, 5.74) is 10.4. The average molecular weight is 587 g/mol. The monoisotopic (exact) mass is 586 g/mol. The highest BCUT2D eigenvalue weighted by atomic mass is 19.4. The summed E-state index contributed by atoms with van der Waals surface area (Å²) >= 11 is 0. The van der Waals surface area contributed by atoms with Gasteiger partial charge in [-0.15, -0.1) is 0 Å². The number of aromatic nitrogens is 2. The van der Waals surface area contributed by atoms with E-state index in [9.17, 15) is 18.0 Å². The van der Waals surface area contributed by atoms with Crippen LogP contribution in [0.5, 0.6) is 0 Å². The van der Waals surface area contributed by atoms with Crippen LogP contribution in [0.1, 0.15) is 126 Å². The van der Waals surface area contributed by atoms with Gasteiger partial charge < -0.3 is 14.7 Å². The lowest BCUT2D eigenvalue weighted by molar-refractivity contribution is -0.604. The van der Waals surface area contributed by atoms with E-state index in [1.54, 1.807) is 6.92 Å². The Morgan fingerprint density at radius 2 is 1.19 bits per heavy atom. The van der Waals surface area contributed by atoms with Gasteiger partial charge >= 0.3 is 6.18 Å². The van der Waals surface area contributed by atoms with E-state index in [1.165, 1.54) is 45.0 Å². The third-order valence-electron chi connectivity index (χ3n) is 7.41. The molecule has 42 heavy (non-hydrogen) atoms. The molecule has 1 heterocycles. The number of ketones is 1. The summed E-state index contributed by atoms with van der Waals surface area (Å²) in [4.78, 5) is 20.9. The second-order valence-corrected chi connectivity index (χ2v) is 12.1. The van der Waals surface area contributed by atoms with Crippen LogP contribution >= 0.6 is 0 Å². The van der Waals surface area contributed by atoms with E-state index in [-0.39, 0.29) is 5.78 Å². The molecule has 0 spiro atoms.